The molecule has 47 heavy (non-hydrogen) atoms. The van der Waals surface area contributed by atoms with Crippen molar-refractivity contribution >= 4 is 24.8 Å². The summed E-state index contributed by atoms with van der Waals surface area (Å²) in [5, 5.41) is 5.39. The molecule has 1 atom stereocenters. The van der Waals surface area contributed by atoms with Crippen molar-refractivity contribution in [2.75, 3.05) is 0 Å². The van der Waals surface area contributed by atoms with E-state index >= 15 is 0 Å². The van der Waals surface area contributed by atoms with E-state index in [1.165, 1.54) is 96.9 Å². The van der Waals surface area contributed by atoms with Crippen molar-refractivity contribution < 1.29 is 49.0 Å². The third kappa shape index (κ3) is 8.07. The Balaban J connectivity index is 0.000000136. The van der Waals surface area contributed by atoms with E-state index in [2.05, 4.69) is 142 Å². The Morgan fingerprint density at radius 3 is 1.51 bits per heavy atom. The zero-order chi connectivity index (χ0) is 30.9. The second-order valence-corrected chi connectivity index (χ2v) is 15.4. The minimum absolute atomic E-state index is 0. The summed E-state index contributed by atoms with van der Waals surface area (Å²) in [7, 11) is 0. The maximum Gasteiger partial charge on any atom is -0.0771 e. The Hall–Kier alpha value is -2.44. The van der Waals surface area contributed by atoms with Crippen molar-refractivity contribution in [3.63, 3.8) is 0 Å². The molecule has 4 fully saturated rings. The van der Waals surface area contributed by atoms with Crippen molar-refractivity contribution in [2.24, 2.45) is 35.5 Å². The summed E-state index contributed by atoms with van der Waals surface area (Å²) >= 11 is 1.46. The van der Waals surface area contributed by atoms with Gasteiger partial charge in [-0.1, -0.05) is 55.2 Å². The predicted molar refractivity (Wildman–Crippen MR) is 188 cm³/mol. The number of halogens is 2. The maximum atomic E-state index is 3.46. The zero-order valence-electron chi connectivity index (χ0n) is 27.7. The van der Waals surface area contributed by atoms with Gasteiger partial charge in [0.15, 0.2) is 0 Å². The molecule has 0 saturated heterocycles. The summed E-state index contributed by atoms with van der Waals surface area (Å²) in [6, 6.07) is 36.8. The van der Waals surface area contributed by atoms with E-state index in [1.54, 1.807) is 12.0 Å². The first kappa shape index (κ1) is 35.9. The van der Waals surface area contributed by atoms with E-state index in [-0.39, 0.29) is 24.8 Å². The molecule has 240 valence electrons. The molecule has 5 aromatic carbocycles. The van der Waals surface area contributed by atoms with Gasteiger partial charge in [-0.25, -0.2) is 6.08 Å². The topological polar surface area (TPSA) is 0 Å². The largest absolute Gasteiger partial charge is 1.00 e. The van der Waals surface area contributed by atoms with Gasteiger partial charge in [-0.2, -0.15) is 11.6 Å². The van der Waals surface area contributed by atoms with Crippen molar-refractivity contribution in [1.82, 2.24) is 0 Å². The smallest absolute Gasteiger partial charge is 0.0771 e. The quantitative estimate of drug-likeness (QED) is 0.226. The number of fused-ring (bicyclic) bond motifs is 3. The number of benzene rings is 4. The minimum Gasteiger partial charge on any atom is -1.00 e. The van der Waals surface area contributed by atoms with Crippen LogP contribution in [0.1, 0.15) is 61.3 Å². The molecule has 5 aliphatic rings. The van der Waals surface area contributed by atoms with E-state index in [9.17, 15) is 0 Å². The van der Waals surface area contributed by atoms with Crippen LogP contribution in [0, 0.1) is 55.4 Å². The average molecular weight is 735 g/mol. The van der Waals surface area contributed by atoms with Crippen LogP contribution in [-0.2, 0) is 24.2 Å². The van der Waals surface area contributed by atoms with Crippen LogP contribution in [0.3, 0.4) is 0 Å². The number of allylic oxidation sites excluding steroid dienone is 4. The second-order valence-electron chi connectivity index (χ2n) is 14.1. The number of hydrogen-bond acceptors (Lipinski definition) is 0. The van der Waals surface area contributed by atoms with Gasteiger partial charge in [-0.05, 0) is 55.8 Å². The van der Waals surface area contributed by atoms with Crippen LogP contribution in [0.4, 0.5) is 0 Å². The van der Waals surface area contributed by atoms with E-state index in [4.69, 9.17) is 0 Å². The molecule has 0 nitrogen and oxygen atoms in total. The van der Waals surface area contributed by atoms with E-state index < -0.39 is 0 Å². The maximum absolute atomic E-state index is 3.46. The first-order chi connectivity index (χ1) is 21.9. The fourth-order valence-electron chi connectivity index (χ4n) is 8.80. The van der Waals surface area contributed by atoms with Crippen molar-refractivity contribution in [3.05, 3.63) is 149 Å². The molecular formula is C44H44Cl2Zr-2. The van der Waals surface area contributed by atoms with Crippen LogP contribution in [0.2, 0.25) is 0 Å². The standard InChI is InChI=1S/C16H21.C15H14.C13H9.2ClH.Zr/c1-10-2-3-13(4-10)16-14-6-11-5-12(8-14)9-15(16)7-11;1-12-3-7-14(8-4-12)11-15-9-5-13(2)6-10-15;1-3-7-12-10(5-1)9-11-6-2-4-8-13(11)12;;;/h3-4,10-12,14-16H,5-9H2,1H3;3-10H,1-2H3;1-9H;2*1H;/q-1;;-1;;;+2/p-2. The van der Waals surface area contributed by atoms with E-state index in [1.807, 2.05) is 0 Å². The van der Waals surface area contributed by atoms with Gasteiger partial charge in [0.1, 0.15) is 0 Å². The third-order valence-electron chi connectivity index (χ3n) is 10.8. The molecule has 1 unspecified atom stereocenters. The van der Waals surface area contributed by atoms with Crippen LogP contribution >= 0.6 is 0 Å². The molecule has 5 aromatic rings. The first-order valence-corrected chi connectivity index (χ1v) is 18.2. The summed E-state index contributed by atoms with van der Waals surface area (Å²) in [6.07, 6.45) is 16.0. The number of rotatable bonds is 3. The van der Waals surface area contributed by atoms with Gasteiger partial charge in [-0.15, -0.1) is 39.7 Å². The normalized spacial score (nSPS) is 24.7. The van der Waals surface area contributed by atoms with E-state index in [0.717, 1.165) is 29.6 Å². The van der Waals surface area contributed by atoms with Crippen molar-refractivity contribution in [2.45, 2.75) is 52.9 Å². The summed E-state index contributed by atoms with van der Waals surface area (Å²) in [6.45, 7) is 6.51. The van der Waals surface area contributed by atoms with E-state index in [0.29, 0.717) is 5.92 Å². The second kappa shape index (κ2) is 15.9. The molecule has 10 rings (SSSR count). The van der Waals surface area contributed by atoms with Gasteiger partial charge >= 0.3 is 112 Å². The third-order valence-corrected chi connectivity index (χ3v) is 12.2. The molecule has 0 N–H and O–H groups in total. The molecule has 0 radical (unpaired) electrons. The van der Waals surface area contributed by atoms with Crippen LogP contribution in [0.5, 0.6) is 0 Å². The van der Waals surface area contributed by atoms with Gasteiger partial charge in [0.2, 0.25) is 0 Å². The van der Waals surface area contributed by atoms with Gasteiger partial charge < -0.3 is 24.8 Å². The molecule has 3 heteroatoms. The van der Waals surface area contributed by atoms with Crippen LogP contribution in [0.15, 0.2) is 121 Å². The number of hydrogen-bond donors (Lipinski definition) is 0. The predicted octanol–water partition coefficient (Wildman–Crippen LogP) is 5.13. The molecule has 0 aromatic heterocycles. The SMILES string of the molecule is CC1[C-]=CC(C2C3CC4CC(C3)CC2C4)=C1.Cc1ccc([C](=[Zr+2])c2ccc(C)cc2)cc1.[Cl-].[Cl-].c1ccc2c(c1)[cH-]c1ccccc12. The average Bonchev–Trinajstić information content (AvgIpc) is 3.65. The molecule has 0 amide bonds. The first-order valence-electron chi connectivity index (χ1n) is 17.0. The van der Waals surface area contributed by atoms with Gasteiger partial charge in [0.05, 0.1) is 0 Å². The van der Waals surface area contributed by atoms with Crippen LogP contribution < -0.4 is 24.8 Å². The Labute approximate surface area is 309 Å². The minimum atomic E-state index is 0. The molecule has 5 aliphatic carbocycles. The molecule has 0 spiro atoms. The zero-order valence-corrected chi connectivity index (χ0v) is 31.7. The molecule has 4 saturated carbocycles. The van der Waals surface area contributed by atoms with Crippen LogP contribution in [0.25, 0.3) is 21.5 Å². The Bertz CT molecular complexity index is 1730. The van der Waals surface area contributed by atoms with Crippen molar-refractivity contribution in [3.8, 4) is 0 Å². The van der Waals surface area contributed by atoms with Crippen LogP contribution in [-0.4, -0.2) is 3.21 Å². The summed E-state index contributed by atoms with van der Waals surface area (Å²) < 4.78 is 1.42. The molecule has 0 heterocycles. The number of aryl methyl sites for hydroxylation is 2. The molecular weight excluding hydrogens is 691 g/mol. The summed E-state index contributed by atoms with van der Waals surface area (Å²) in [5.41, 5.74) is 6.97. The van der Waals surface area contributed by atoms with Crippen molar-refractivity contribution in [1.29, 1.82) is 0 Å². The summed E-state index contributed by atoms with van der Waals surface area (Å²) in [5.74, 6) is 5.77. The Morgan fingerprint density at radius 2 is 1.09 bits per heavy atom. The fraction of sp³-hybridized carbons (Fsp3) is 0.318. The molecule has 4 bridgehead atoms. The fourth-order valence-corrected chi connectivity index (χ4v) is 9.62. The Kier molecular flexibility index (Phi) is 12.1. The monoisotopic (exact) mass is 732 g/mol. The van der Waals surface area contributed by atoms with Gasteiger partial charge in [-0.3, -0.25) is 6.08 Å². The van der Waals surface area contributed by atoms with Gasteiger partial charge in [0.25, 0.3) is 0 Å². The molecule has 0 aliphatic heterocycles. The summed E-state index contributed by atoms with van der Waals surface area (Å²) in [4.78, 5) is 0. The Morgan fingerprint density at radius 1 is 0.638 bits per heavy atom. The van der Waals surface area contributed by atoms with Gasteiger partial charge in [0, 0.05) is 0 Å².